The lowest BCUT2D eigenvalue weighted by Crippen LogP contribution is -2.52. The summed E-state index contributed by atoms with van der Waals surface area (Å²) in [4.78, 5) is 30.7. The summed E-state index contributed by atoms with van der Waals surface area (Å²) in [6, 6.07) is 10.8. The first kappa shape index (κ1) is 19.2. The van der Waals surface area contributed by atoms with Gasteiger partial charge in [-0.1, -0.05) is 30.3 Å². The Labute approximate surface area is 167 Å². The van der Waals surface area contributed by atoms with Gasteiger partial charge in [-0.25, -0.2) is 4.79 Å². The molecule has 3 amide bonds. The van der Waals surface area contributed by atoms with Crippen molar-refractivity contribution in [1.82, 2.24) is 20.0 Å². The normalized spacial score (nSPS) is 28.8. The molecule has 2 unspecified atom stereocenters. The summed E-state index contributed by atoms with van der Waals surface area (Å²) in [5.74, 6) is 0.173. The van der Waals surface area contributed by atoms with Gasteiger partial charge in [0.15, 0.2) is 0 Å². The molecule has 28 heavy (non-hydrogen) atoms. The van der Waals surface area contributed by atoms with Crippen molar-refractivity contribution in [3.63, 3.8) is 0 Å². The summed E-state index contributed by atoms with van der Waals surface area (Å²) in [5, 5.41) is 3.16. The van der Waals surface area contributed by atoms with Crippen LogP contribution < -0.4 is 5.32 Å². The molecule has 0 bridgehead atoms. The van der Waals surface area contributed by atoms with Gasteiger partial charge in [0, 0.05) is 57.6 Å². The van der Waals surface area contributed by atoms with Gasteiger partial charge in [0.2, 0.25) is 5.91 Å². The number of hydrogen-bond acceptors (Lipinski definition) is 3. The van der Waals surface area contributed by atoms with Gasteiger partial charge in [-0.3, -0.25) is 9.69 Å². The molecule has 3 aliphatic heterocycles. The van der Waals surface area contributed by atoms with Crippen molar-refractivity contribution in [2.45, 2.75) is 44.7 Å². The predicted molar refractivity (Wildman–Crippen MR) is 109 cm³/mol. The highest BCUT2D eigenvalue weighted by molar-refractivity contribution is 5.78. The quantitative estimate of drug-likeness (QED) is 0.870. The zero-order chi connectivity index (χ0) is 19.6. The van der Waals surface area contributed by atoms with Crippen LogP contribution in [-0.2, 0) is 11.3 Å². The maximum absolute atomic E-state index is 12.8. The molecule has 2 atom stereocenters. The van der Waals surface area contributed by atoms with E-state index in [0.29, 0.717) is 13.0 Å². The van der Waals surface area contributed by atoms with Crippen LogP contribution in [0.3, 0.4) is 0 Å². The Morgan fingerprint density at radius 2 is 2.00 bits per heavy atom. The molecule has 3 heterocycles. The van der Waals surface area contributed by atoms with Gasteiger partial charge in [-0.15, -0.1) is 0 Å². The van der Waals surface area contributed by atoms with Crippen LogP contribution in [0, 0.1) is 5.41 Å². The highest BCUT2D eigenvalue weighted by Gasteiger charge is 2.43. The Morgan fingerprint density at radius 3 is 2.79 bits per heavy atom. The van der Waals surface area contributed by atoms with E-state index in [4.69, 9.17) is 0 Å². The van der Waals surface area contributed by atoms with E-state index in [2.05, 4.69) is 40.5 Å². The first-order chi connectivity index (χ1) is 13.5. The van der Waals surface area contributed by atoms with E-state index >= 15 is 0 Å². The number of rotatable bonds is 3. The lowest BCUT2D eigenvalue weighted by Gasteiger charge is -2.40. The Hall–Kier alpha value is -2.08. The van der Waals surface area contributed by atoms with Crippen molar-refractivity contribution in [1.29, 1.82) is 0 Å². The fourth-order valence-electron chi connectivity index (χ4n) is 5.12. The lowest BCUT2D eigenvalue weighted by atomic mass is 9.79. The SMILES string of the molecule is CN1CC(NC(=O)N2CCC3(CCCN(Cc4ccccc4)C3)C2)CCC1=O. The second kappa shape index (κ2) is 8.11. The number of piperidine rings is 2. The van der Waals surface area contributed by atoms with Crippen molar-refractivity contribution in [2.24, 2.45) is 5.41 Å². The number of likely N-dealkylation sites (tertiary alicyclic amines) is 3. The zero-order valence-corrected chi connectivity index (χ0v) is 16.9. The highest BCUT2D eigenvalue weighted by atomic mass is 16.2. The predicted octanol–water partition coefficient (Wildman–Crippen LogP) is 2.30. The van der Waals surface area contributed by atoms with Crippen molar-refractivity contribution in [2.75, 3.05) is 39.8 Å². The number of urea groups is 1. The average Bonchev–Trinajstić information content (AvgIpc) is 3.09. The fraction of sp³-hybridized carbons (Fsp3) is 0.636. The Balaban J connectivity index is 1.31. The van der Waals surface area contributed by atoms with Crippen LogP contribution in [0.15, 0.2) is 30.3 Å². The number of amides is 3. The third kappa shape index (κ3) is 4.32. The second-order valence-electron chi connectivity index (χ2n) is 8.93. The van der Waals surface area contributed by atoms with Gasteiger partial charge in [0.1, 0.15) is 0 Å². The fourth-order valence-corrected chi connectivity index (χ4v) is 5.12. The maximum atomic E-state index is 12.8. The average molecular weight is 385 g/mol. The minimum absolute atomic E-state index is 0.0461. The van der Waals surface area contributed by atoms with Crippen molar-refractivity contribution in [3.8, 4) is 0 Å². The molecule has 6 heteroatoms. The number of carbonyl (C=O) groups excluding carboxylic acids is 2. The van der Waals surface area contributed by atoms with Crippen LogP contribution in [-0.4, -0.2) is 72.5 Å². The Bertz CT molecular complexity index is 710. The minimum Gasteiger partial charge on any atom is -0.344 e. The summed E-state index contributed by atoms with van der Waals surface area (Å²) in [6.07, 6.45) is 4.79. The van der Waals surface area contributed by atoms with E-state index in [9.17, 15) is 9.59 Å². The van der Waals surface area contributed by atoms with Gasteiger partial charge >= 0.3 is 6.03 Å². The summed E-state index contributed by atoms with van der Waals surface area (Å²) < 4.78 is 0. The van der Waals surface area contributed by atoms with E-state index < -0.39 is 0 Å². The molecule has 1 aromatic rings. The van der Waals surface area contributed by atoms with E-state index in [0.717, 1.165) is 45.6 Å². The van der Waals surface area contributed by atoms with Crippen LogP contribution in [0.1, 0.15) is 37.7 Å². The third-order valence-electron chi connectivity index (χ3n) is 6.67. The Morgan fingerprint density at radius 1 is 1.18 bits per heavy atom. The number of benzene rings is 1. The van der Waals surface area contributed by atoms with Gasteiger partial charge < -0.3 is 15.1 Å². The van der Waals surface area contributed by atoms with E-state index in [-0.39, 0.29) is 23.4 Å². The number of nitrogens with one attached hydrogen (secondary N) is 1. The summed E-state index contributed by atoms with van der Waals surface area (Å²) >= 11 is 0. The van der Waals surface area contributed by atoms with Crippen molar-refractivity contribution >= 4 is 11.9 Å². The summed E-state index contributed by atoms with van der Waals surface area (Å²) in [5.41, 5.74) is 1.60. The molecule has 6 nitrogen and oxygen atoms in total. The molecular weight excluding hydrogens is 352 g/mol. The molecule has 3 fully saturated rings. The summed E-state index contributed by atoms with van der Waals surface area (Å²) in [7, 11) is 1.81. The van der Waals surface area contributed by atoms with Crippen LogP contribution in [0.2, 0.25) is 0 Å². The standard InChI is InChI=1S/C22H32N4O2/c1-24-15-19(8-9-20(24)27)23-21(28)26-13-11-22(17-26)10-5-12-25(16-22)14-18-6-3-2-4-7-18/h2-4,6-7,19H,5,8-17H2,1H3,(H,23,28). The maximum Gasteiger partial charge on any atom is 0.317 e. The smallest absolute Gasteiger partial charge is 0.317 e. The highest BCUT2D eigenvalue weighted by Crippen LogP contribution is 2.39. The molecule has 0 aliphatic carbocycles. The van der Waals surface area contributed by atoms with E-state index in [1.807, 2.05) is 11.9 Å². The first-order valence-corrected chi connectivity index (χ1v) is 10.6. The van der Waals surface area contributed by atoms with Gasteiger partial charge in [0.05, 0.1) is 0 Å². The van der Waals surface area contributed by atoms with Crippen molar-refractivity contribution < 1.29 is 9.59 Å². The number of nitrogens with zero attached hydrogens (tertiary/aromatic N) is 3. The molecule has 1 N–H and O–H groups in total. The number of carbonyl (C=O) groups is 2. The molecule has 4 rings (SSSR count). The van der Waals surface area contributed by atoms with E-state index in [1.54, 1.807) is 4.90 Å². The topological polar surface area (TPSA) is 55.9 Å². The third-order valence-corrected chi connectivity index (χ3v) is 6.67. The molecule has 0 aromatic heterocycles. The van der Waals surface area contributed by atoms with Crippen LogP contribution in [0.25, 0.3) is 0 Å². The van der Waals surface area contributed by atoms with Crippen LogP contribution in [0.5, 0.6) is 0 Å². The molecule has 152 valence electrons. The zero-order valence-electron chi connectivity index (χ0n) is 16.9. The monoisotopic (exact) mass is 384 g/mol. The first-order valence-electron chi connectivity index (χ1n) is 10.6. The Kier molecular flexibility index (Phi) is 5.58. The van der Waals surface area contributed by atoms with Gasteiger partial charge in [-0.05, 0) is 37.8 Å². The van der Waals surface area contributed by atoms with E-state index in [1.165, 1.54) is 18.4 Å². The molecule has 0 saturated carbocycles. The van der Waals surface area contributed by atoms with Gasteiger partial charge in [0.25, 0.3) is 0 Å². The molecule has 3 saturated heterocycles. The molecule has 1 aromatic carbocycles. The summed E-state index contributed by atoms with van der Waals surface area (Å²) in [6.45, 7) is 5.53. The number of likely N-dealkylation sites (N-methyl/N-ethyl adjacent to an activating group) is 1. The molecular formula is C22H32N4O2. The second-order valence-corrected chi connectivity index (χ2v) is 8.93. The van der Waals surface area contributed by atoms with Crippen LogP contribution >= 0.6 is 0 Å². The number of hydrogen-bond donors (Lipinski definition) is 1. The van der Waals surface area contributed by atoms with Crippen LogP contribution in [0.4, 0.5) is 4.79 Å². The largest absolute Gasteiger partial charge is 0.344 e. The van der Waals surface area contributed by atoms with Gasteiger partial charge in [-0.2, -0.15) is 0 Å². The lowest BCUT2D eigenvalue weighted by molar-refractivity contribution is -0.132. The molecule has 3 aliphatic rings. The minimum atomic E-state index is 0.0461. The van der Waals surface area contributed by atoms with Crippen molar-refractivity contribution in [3.05, 3.63) is 35.9 Å². The molecule has 1 spiro atoms. The molecule has 0 radical (unpaired) electrons.